The second kappa shape index (κ2) is 7.59. The monoisotopic (exact) mass is 304 g/mol. The van der Waals surface area contributed by atoms with E-state index in [9.17, 15) is 13.2 Å². The Hall–Kier alpha value is -1.37. The quantitative estimate of drug-likeness (QED) is 0.841. The molecule has 1 aliphatic rings. The maximum Gasteiger partial charge on any atom is 0.403 e. The van der Waals surface area contributed by atoms with E-state index in [4.69, 9.17) is 0 Å². The van der Waals surface area contributed by atoms with Gasteiger partial charge in [0.2, 0.25) is 5.95 Å². The van der Waals surface area contributed by atoms with Gasteiger partial charge >= 0.3 is 6.18 Å². The molecule has 0 saturated carbocycles. The zero-order valence-electron chi connectivity index (χ0n) is 13.0. The largest absolute Gasteiger partial charge is 0.403 e. The molecule has 1 aromatic heterocycles. The van der Waals surface area contributed by atoms with Crippen LogP contribution in [0.5, 0.6) is 0 Å². The van der Waals surface area contributed by atoms with Gasteiger partial charge in [0, 0.05) is 38.1 Å². The first-order chi connectivity index (χ1) is 9.88. The van der Waals surface area contributed by atoms with Crippen LogP contribution in [0.2, 0.25) is 0 Å². The summed E-state index contributed by atoms with van der Waals surface area (Å²) in [7, 11) is 0. The van der Waals surface area contributed by atoms with Crippen LogP contribution in [0.3, 0.4) is 0 Å². The molecular formula is C14H23F3N4. The highest BCUT2D eigenvalue weighted by molar-refractivity contribution is 5.30. The third kappa shape index (κ3) is 4.84. The van der Waals surface area contributed by atoms with Crippen LogP contribution in [0.4, 0.5) is 19.1 Å². The van der Waals surface area contributed by atoms with Crippen molar-refractivity contribution in [3.8, 4) is 0 Å². The molecule has 120 valence electrons. The zero-order valence-corrected chi connectivity index (χ0v) is 13.0. The number of aryl methyl sites for hydroxylation is 1. The molecule has 0 spiro atoms. The minimum Gasteiger partial charge on any atom is -0.338 e. The van der Waals surface area contributed by atoms with Gasteiger partial charge in [-0.1, -0.05) is 13.8 Å². The molecule has 7 heteroatoms. The van der Waals surface area contributed by atoms with Gasteiger partial charge in [0.15, 0.2) is 0 Å². The van der Waals surface area contributed by atoms with E-state index in [2.05, 4.69) is 9.97 Å². The predicted octanol–water partition coefficient (Wildman–Crippen LogP) is 2.88. The Morgan fingerprint density at radius 3 is 2.19 bits per heavy atom. The molecular weight excluding hydrogens is 281 g/mol. The lowest BCUT2D eigenvalue weighted by molar-refractivity contribution is -0.179. The van der Waals surface area contributed by atoms with Crippen molar-refractivity contribution in [2.45, 2.75) is 39.9 Å². The van der Waals surface area contributed by atoms with Gasteiger partial charge in [-0.2, -0.15) is 13.2 Å². The highest BCUT2D eigenvalue weighted by Crippen LogP contribution is 2.25. The summed E-state index contributed by atoms with van der Waals surface area (Å²) in [6.07, 6.45) is -2.50. The van der Waals surface area contributed by atoms with Crippen LogP contribution in [0.25, 0.3) is 0 Å². The molecule has 0 aromatic carbocycles. The molecule has 1 atom stereocenters. The van der Waals surface area contributed by atoms with Crippen LogP contribution in [0, 0.1) is 6.92 Å². The second-order valence-electron chi connectivity index (χ2n) is 4.74. The number of hydrogen-bond acceptors (Lipinski definition) is 4. The third-order valence-corrected chi connectivity index (χ3v) is 3.40. The SMILES string of the molecule is CC.Cc1ccnc(N2CCN(C(C)C(F)(F)F)CC2)n1. The first kappa shape index (κ1) is 17.7. The molecule has 0 radical (unpaired) electrons. The minimum atomic E-state index is -4.16. The fraction of sp³-hybridized carbons (Fsp3) is 0.714. The van der Waals surface area contributed by atoms with E-state index in [0.717, 1.165) is 5.69 Å². The summed E-state index contributed by atoms with van der Waals surface area (Å²) in [6.45, 7) is 8.86. The minimum absolute atomic E-state index is 0.373. The van der Waals surface area contributed by atoms with E-state index in [1.165, 1.54) is 11.8 Å². The molecule has 1 unspecified atom stereocenters. The number of nitrogens with zero attached hydrogens (tertiary/aromatic N) is 4. The van der Waals surface area contributed by atoms with Crippen LogP contribution in [0.15, 0.2) is 12.3 Å². The van der Waals surface area contributed by atoms with Gasteiger partial charge in [-0.05, 0) is 19.9 Å². The average molecular weight is 304 g/mol. The Balaban J connectivity index is 0.00000106. The van der Waals surface area contributed by atoms with E-state index in [0.29, 0.717) is 32.1 Å². The molecule has 4 nitrogen and oxygen atoms in total. The molecule has 1 aromatic rings. The van der Waals surface area contributed by atoms with Crippen molar-refractivity contribution in [1.82, 2.24) is 14.9 Å². The van der Waals surface area contributed by atoms with Crippen LogP contribution >= 0.6 is 0 Å². The topological polar surface area (TPSA) is 32.3 Å². The summed E-state index contributed by atoms with van der Waals surface area (Å²) < 4.78 is 37.9. The predicted molar refractivity (Wildman–Crippen MR) is 77.4 cm³/mol. The van der Waals surface area contributed by atoms with Crippen LogP contribution < -0.4 is 4.90 Å². The molecule has 2 rings (SSSR count). The molecule has 0 bridgehead atoms. The van der Waals surface area contributed by atoms with Gasteiger partial charge < -0.3 is 4.90 Å². The number of hydrogen-bond donors (Lipinski definition) is 0. The lowest BCUT2D eigenvalue weighted by atomic mass is 10.2. The van der Waals surface area contributed by atoms with Gasteiger partial charge in [0.25, 0.3) is 0 Å². The summed E-state index contributed by atoms with van der Waals surface area (Å²) in [6, 6.07) is 0.402. The summed E-state index contributed by atoms with van der Waals surface area (Å²) in [5.74, 6) is 0.597. The van der Waals surface area contributed by atoms with Crippen molar-refractivity contribution in [3.05, 3.63) is 18.0 Å². The van der Waals surface area contributed by atoms with E-state index in [1.54, 1.807) is 12.3 Å². The smallest absolute Gasteiger partial charge is 0.338 e. The average Bonchev–Trinajstić information content (AvgIpc) is 2.48. The van der Waals surface area contributed by atoms with Crippen molar-refractivity contribution in [2.75, 3.05) is 31.1 Å². The molecule has 1 aliphatic heterocycles. The number of alkyl halides is 3. The van der Waals surface area contributed by atoms with Crippen molar-refractivity contribution >= 4 is 5.95 Å². The Bertz CT molecular complexity index is 428. The molecule has 0 N–H and O–H groups in total. The summed E-state index contributed by atoms with van der Waals surface area (Å²) in [5.41, 5.74) is 0.857. The van der Waals surface area contributed by atoms with E-state index >= 15 is 0 Å². The van der Waals surface area contributed by atoms with Crippen molar-refractivity contribution in [3.63, 3.8) is 0 Å². The van der Waals surface area contributed by atoms with Gasteiger partial charge in [-0.15, -0.1) is 0 Å². The highest BCUT2D eigenvalue weighted by atomic mass is 19.4. The molecule has 0 aliphatic carbocycles. The van der Waals surface area contributed by atoms with E-state index in [1.807, 2.05) is 25.7 Å². The standard InChI is InChI=1S/C12H17F3N4.C2H6/c1-9-3-4-16-11(17-9)19-7-5-18(6-8-19)10(2)12(13,14)15;1-2/h3-4,10H,5-8H2,1-2H3;1-2H3. The first-order valence-corrected chi connectivity index (χ1v) is 7.23. The molecule has 21 heavy (non-hydrogen) atoms. The fourth-order valence-corrected chi connectivity index (χ4v) is 2.10. The number of halogens is 3. The van der Waals surface area contributed by atoms with Crippen LogP contribution in [-0.2, 0) is 0 Å². The number of piperazine rings is 1. The van der Waals surface area contributed by atoms with Crippen molar-refractivity contribution < 1.29 is 13.2 Å². The Kier molecular flexibility index (Phi) is 6.39. The maximum atomic E-state index is 12.6. The van der Waals surface area contributed by atoms with Gasteiger partial charge in [-0.3, -0.25) is 4.90 Å². The van der Waals surface area contributed by atoms with Gasteiger partial charge in [0.05, 0.1) is 0 Å². The molecule has 1 fully saturated rings. The van der Waals surface area contributed by atoms with Gasteiger partial charge in [0.1, 0.15) is 6.04 Å². The zero-order chi connectivity index (χ0) is 16.0. The fourth-order valence-electron chi connectivity index (χ4n) is 2.10. The Labute approximate surface area is 124 Å². The number of rotatable bonds is 2. The number of aromatic nitrogens is 2. The number of anilines is 1. The normalized spacial score (nSPS) is 18.0. The van der Waals surface area contributed by atoms with E-state index in [-0.39, 0.29) is 0 Å². The summed E-state index contributed by atoms with van der Waals surface area (Å²) in [4.78, 5) is 11.8. The molecule has 2 heterocycles. The Morgan fingerprint density at radius 2 is 1.71 bits per heavy atom. The summed E-state index contributed by atoms with van der Waals surface area (Å²) >= 11 is 0. The first-order valence-electron chi connectivity index (χ1n) is 7.23. The summed E-state index contributed by atoms with van der Waals surface area (Å²) in [5, 5.41) is 0. The lowest BCUT2D eigenvalue weighted by Crippen LogP contribution is -2.54. The van der Waals surface area contributed by atoms with Crippen molar-refractivity contribution in [1.29, 1.82) is 0 Å². The lowest BCUT2D eigenvalue weighted by Gasteiger charge is -2.38. The maximum absolute atomic E-state index is 12.6. The van der Waals surface area contributed by atoms with Crippen LogP contribution in [-0.4, -0.2) is 53.3 Å². The van der Waals surface area contributed by atoms with Crippen molar-refractivity contribution in [2.24, 2.45) is 0 Å². The van der Waals surface area contributed by atoms with E-state index < -0.39 is 12.2 Å². The van der Waals surface area contributed by atoms with Gasteiger partial charge in [-0.25, -0.2) is 9.97 Å². The Morgan fingerprint density at radius 1 is 1.14 bits per heavy atom. The third-order valence-electron chi connectivity index (χ3n) is 3.40. The molecule has 1 saturated heterocycles. The molecule has 0 amide bonds. The highest BCUT2D eigenvalue weighted by Gasteiger charge is 2.40. The second-order valence-corrected chi connectivity index (χ2v) is 4.74. The van der Waals surface area contributed by atoms with Crippen LogP contribution in [0.1, 0.15) is 26.5 Å².